The van der Waals surface area contributed by atoms with Crippen LogP contribution in [-0.4, -0.2) is 29.3 Å². The van der Waals surface area contributed by atoms with Crippen LogP contribution in [0.1, 0.15) is 37.0 Å². The van der Waals surface area contributed by atoms with Gasteiger partial charge in [-0.05, 0) is 25.5 Å². The average molecular weight is 265 g/mol. The fourth-order valence-corrected chi connectivity index (χ4v) is 1.45. The van der Waals surface area contributed by atoms with Crippen LogP contribution in [0.25, 0.3) is 0 Å². The van der Waals surface area contributed by atoms with Crippen molar-refractivity contribution in [1.29, 1.82) is 0 Å². The van der Waals surface area contributed by atoms with Crippen molar-refractivity contribution in [2.75, 3.05) is 6.61 Å². The van der Waals surface area contributed by atoms with Crippen LogP contribution in [-0.2, 0) is 9.53 Å². The van der Waals surface area contributed by atoms with Crippen LogP contribution in [0, 0.1) is 0 Å². The second-order valence-corrected chi connectivity index (χ2v) is 4.36. The van der Waals surface area contributed by atoms with Crippen molar-refractivity contribution < 1.29 is 19.4 Å². The summed E-state index contributed by atoms with van der Waals surface area (Å²) < 4.78 is 5.29. The van der Waals surface area contributed by atoms with E-state index >= 15 is 0 Å². The molecule has 0 aliphatic heterocycles. The fourth-order valence-electron chi connectivity index (χ4n) is 1.45. The molecule has 104 valence electrons. The van der Waals surface area contributed by atoms with E-state index in [1.54, 1.807) is 30.3 Å². The highest BCUT2D eigenvalue weighted by atomic mass is 16.5. The Hall–Kier alpha value is -1.88. The van der Waals surface area contributed by atoms with Gasteiger partial charge in [-0.3, -0.25) is 4.79 Å². The van der Waals surface area contributed by atoms with Gasteiger partial charge in [0, 0.05) is 5.56 Å². The third kappa shape index (κ3) is 4.37. The third-order valence-corrected chi connectivity index (χ3v) is 2.68. The molecule has 1 unspecified atom stereocenters. The highest BCUT2D eigenvalue weighted by molar-refractivity contribution is 5.97. The molecule has 0 spiro atoms. The number of amides is 1. The highest BCUT2D eigenvalue weighted by Gasteiger charge is 2.36. The lowest BCUT2D eigenvalue weighted by Gasteiger charge is -2.26. The van der Waals surface area contributed by atoms with Crippen LogP contribution in [0.15, 0.2) is 30.3 Å². The maximum Gasteiger partial charge on any atom is 0.357 e. The molecule has 1 aromatic carbocycles. The monoisotopic (exact) mass is 265 g/mol. The number of hydrogen-bond acceptors (Lipinski definition) is 3. The quantitative estimate of drug-likeness (QED) is 0.584. The molecule has 1 atom stereocenters. The number of aliphatic carboxylic acids is 1. The molecule has 1 rings (SSSR count). The number of ether oxygens (including phenoxy) is 1. The first kappa shape index (κ1) is 15.2. The smallest absolute Gasteiger partial charge is 0.357 e. The summed E-state index contributed by atoms with van der Waals surface area (Å²) in [6.45, 7) is 3.60. The summed E-state index contributed by atoms with van der Waals surface area (Å²) in [5.74, 6) is -1.69. The summed E-state index contributed by atoms with van der Waals surface area (Å²) >= 11 is 0. The summed E-state index contributed by atoms with van der Waals surface area (Å²) in [5, 5.41) is 11.6. The van der Waals surface area contributed by atoms with Crippen molar-refractivity contribution in [2.45, 2.75) is 32.4 Å². The SMILES string of the molecule is CCCCOC(C)(NC(=O)c1ccccc1)C(=O)O. The predicted molar refractivity (Wildman–Crippen MR) is 70.8 cm³/mol. The van der Waals surface area contributed by atoms with Gasteiger partial charge in [-0.15, -0.1) is 0 Å². The van der Waals surface area contributed by atoms with E-state index < -0.39 is 17.6 Å². The van der Waals surface area contributed by atoms with E-state index in [-0.39, 0.29) is 6.61 Å². The van der Waals surface area contributed by atoms with Crippen molar-refractivity contribution in [1.82, 2.24) is 5.32 Å². The van der Waals surface area contributed by atoms with Gasteiger partial charge in [0.2, 0.25) is 5.72 Å². The van der Waals surface area contributed by atoms with Crippen molar-refractivity contribution in [3.8, 4) is 0 Å². The molecule has 0 bridgehead atoms. The van der Waals surface area contributed by atoms with Crippen LogP contribution in [0.3, 0.4) is 0 Å². The van der Waals surface area contributed by atoms with Crippen LogP contribution >= 0.6 is 0 Å². The van der Waals surface area contributed by atoms with Crippen molar-refractivity contribution >= 4 is 11.9 Å². The second kappa shape index (κ2) is 6.89. The number of hydrogen-bond donors (Lipinski definition) is 2. The van der Waals surface area contributed by atoms with Crippen molar-refractivity contribution in [2.24, 2.45) is 0 Å². The maximum absolute atomic E-state index is 11.9. The minimum absolute atomic E-state index is 0.286. The van der Waals surface area contributed by atoms with Gasteiger partial charge in [0.25, 0.3) is 5.91 Å². The van der Waals surface area contributed by atoms with Crippen LogP contribution in [0.4, 0.5) is 0 Å². The summed E-state index contributed by atoms with van der Waals surface area (Å²) in [7, 11) is 0. The van der Waals surface area contributed by atoms with E-state index in [0.717, 1.165) is 12.8 Å². The Kier molecular flexibility index (Phi) is 5.51. The van der Waals surface area contributed by atoms with Gasteiger partial charge in [0.1, 0.15) is 0 Å². The molecule has 2 N–H and O–H groups in total. The van der Waals surface area contributed by atoms with E-state index in [1.807, 2.05) is 6.92 Å². The van der Waals surface area contributed by atoms with Crippen LogP contribution in [0.2, 0.25) is 0 Å². The molecular weight excluding hydrogens is 246 g/mol. The Balaban J connectivity index is 2.73. The summed E-state index contributed by atoms with van der Waals surface area (Å²) in [5.41, 5.74) is -1.31. The van der Waals surface area contributed by atoms with Crippen LogP contribution < -0.4 is 5.32 Å². The molecular formula is C14H19NO4. The molecule has 0 radical (unpaired) electrons. The molecule has 0 aliphatic carbocycles. The van der Waals surface area contributed by atoms with E-state index in [9.17, 15) is 14.7 Å². The number of nitrogens with one attached hydrogen (secondary N) is 1. The number of carbonyl (C=O) groups excluding carboxylic acids is 1. The van der Waals surface area contributed by atoms with Gasteiger partial charge in [-0.1, -0.05) is 31.5 Å². The number of benzene rings is 1. The fraction of sp³-hybridized carbons (Fsp3) is 0.429. The molecule has 5 nitrogen and oxygen atoms in total. The minimum atomic E-state index is -1.71. The summed E-state index contributed by atoms with van der Waals surface area (Å²) in [4.78, 5) is 23.2. The number of unbranched alkanes of at least 4 members (excludes halogenated alkanes) is 1. The van der Waals surface area contributed by atoms with Gasteiger partial charge in [-0.25, -0.2) is 4.79 Å². The Morgan fingerprint density at radius 2 is 1.95 bits per heavy atom. The minimum Gasteiger partial charge on any atom is -0.478 e. The number of carboxylic acids is 1. The number of rotatable bonds is 7. The van der Waals surface area contributed by atoms with Gasteiger partial charge in [0.15, 0.2) is 0 Å². The molecule has 0 fully saturated rings. The zero-order valence-electron chi connectivity index (χ0n) is 11.2. The third-order valence-electron chi connectivity index (χ3n) is 2.68. The normalized spacial score (nSPS) is 13.6. The van der Waals surface area contributed by atoms with E-state index in [1.165, 1.54) is 6.92 Å². The Bertz CT molecular complexity index is 432. The molecule has 1 aromatic rings. The number of carbonyl (C=O) groups is 2. The Morgan fingerprint density at radius 1 is 1.32 bits per heavy atom. The van der Waals surface area contributed by atoms with Gasteiger partial charge < -0.3 is 15.2 Å². The lowest BCUT2D eigenvalue weighted by Crippen LogP contribution is -2.54. The lowest BCUT2D eigenvalue weighted by atomic mass is 10.2. The highest BCUT2D eigenvalue weighted by Crippen LogP contribution is 2.10. The second-order valence-electron chi connectivity index (χ2n) is 4.36. The first-order valence-electron chi connectivity index (χ1n) is 6.24. The Morgan fingerprint density at radius 3 is 2.47 bits per heavy atom. The first-order chi connectivity index (χ1) is 8.99. The molecule has 0 saturated heterocycles. The molecule has 0 aliphatic rings. The van der Waals surface area contributed by atoms with Gasteiger partial charge in [-0.2, -0.15) is 0 Å². The summed E-state index contributed by atoms with van der Waals surface area (Å²) in [6.07, 6.45) is 1.63. The average Bonchev–Trinajstić information content (AvgIpc) is 2.40. The maximum atomic E-state index is 11.9. The lowest BCUT2D eigenvalue weighted by molar-refractivity contribution is -0.166. The number of carboxylic acid groups (broad SMARTS) is 1. The van der Waals surface area contributed by atoms with Gasteiger partial charge >= 0.3 is 5.97 Å². The van der Waals surface area contributed by atoms with Crippen molar-refractivity contribution in [3.63, 3.8) is 0 Å². The molecule has 0 aromatic heterocycles. The molecule has 19 heavy (non-hydrogen) atoms. The zero-order chi connectivity index (χ0) is 14.3. The standard InChI is InChI=1S/C14H19NO4/c1-3-4-10-19-14(2,13(17)18)15-12(16)11-8-6-5-7-9-11/h5-9H,3-4,10H2,1-2H3,(H,15,16)(H,17,18). The Labute approximate surface area is 112 Å². The molecule has 0 saturated carbocycles. The predicted octanol–water partition coefficient (Wildman–Crippen LogP) is 2.03. The molecule has 1 amide bonds. The largest absolute Gasteiger partial charge is 0.478 e. The van der Waals surface area contributed by atoms with E-state index in [4.69, 9.17) is 4.74 Å². The molecule has 5 heteroatoms. The van der Waals surface area contributed by atoms with Crippen molar-refractivity contribution in [3.05, 3.63) is 35.9 Å². The summed E-state index contributed by atoms with van der Waals surface area (Å²) in [6, 6.07) is 8.44. The van der Waals surface area contributed by atoms with E-state index in [2.05, 4.69) is 5.32 Å². The first-order valence-corrected chi connectivity index (χ1v) is 6.24. The molecule has 0 heterocycles. The topological polar surface area (TPSA) is 75.6 Å². The van der Waals surface area contributed by atoms with E-state index in [0.29, 0.717) is 5.56 Å². The zero-order valence-corrected chi connectivity index (χ0v) is 11.2. The van der Waals surface area contributed by atoms with Crippen LogP contribution in [0.5, 0.6) is 0 Å². The van der Waals surface area contributed by atoms with Gasteiger partial charge in [0.05, 0.1) is 6.61 Å².